The highest BCUT2D eigenvalue weighted by molar-refractivity contribution is 5.15. The molecule has 0 saturated carbocycles. The van der Waals surface area contributed by atoms with Crippen molar-refractivity contribution in [3.05, 3.63) is 58.5 Å². The number of benzene rings is 1. The number of aryl methyl sites for hydroxylation is 1. The molecule has 1 atom stereocenters. The van der Waals surface area contributed by atoms with Crippen molar-refractivity contribution in [3.63, 3.8) is 0 Å². The van der Waals surface area contributed by atoms with E-state index in [1.54, 1.807) is 12.2 Å². The lowest BCUT2D eigenvalue weighted by Crippen LogP contribution is -2.03. The molecule has 0 radical (unpaired) electrons. The van der Waals surface area contributed by atoms with Crippen molar-refractivity contribution >= 4 is 0 Å². The van der Waals surface area contributed by atoms with Crippen LogP contribution in [-0.4, -0.2) is 17.8 Å². The molecular formula is C12H15N3O. The van der Waals surface area contributed by atoms with Crippen molar-refractivity contribution in [2.24, 2.45) is 5.11 Å². The second-order valence-electron chi connectivity index (χ2n) is 3.43. The Morgan fingerprint density at radius 2 is 2.12 bits per heavy atom. The van der Waals surface area contributed by atoms with Gasteiger partial charge < -0.3 is 5.11 Å². The molecule has 1 aromatic rings. The summed E-state index contributed by atoms with van der Waals surface area (Å²) in [6.07, 6.45) is 4.38. The van der Waals surface area contributed by atoms with E-state index in [0.29, 0.717) is 13.0 Å². The van der Waals surface area contributed by atoms with E-state index in [9.17, 15) is 5.11 Å². The molecule has 0 amide bonds. The van der Waals surface area contributed by atoms with E-state index in [2.05, 4.69) is 10.0 Å². The van der Waals surface area contributed by atoms with Crippen LogP contribution in [0.4, 0.5) is 0 Å². The second kappa shape index (κ2) is 7.51. The van der Waals surface area contributed by atoms with Crippen LogP contribution in [0.15, 0.2) is 47.6 Å². The first-order valence-electron chi connectivity index (χ1n) is 5.22. The molecule has 4 nitrogen and oxygen atoms in total. The molecule has 0 saturated heterocycles. The Kier molecular flexibility index (Phi) is 5.78. The maximum atomic E-state index is 9.59. The van der Waals surface area contributed by atoms with Crippen molar-refractivity contribution in [2.75, 3.05) is 6.54 Å². The minimum atomic E-state index is -0.478. The Hall–Kier alpha value is -1.77. The molecule has 1 N–H and O–H groups in total. The third kappa shape index (κ3) is 5.20. The summed E-state index contributed by atoms with van der Waals surface area (Å²) >= 11 is 0. The van der Waals surface area contributed by atoms with Crippen LogP contribution >= 0.6 is 0 Å². The highest BCUT2D eigenvalue weighted by Gasteiger charge is 1.99. The number of nitrogens with zero attached hydrogens (tertiary/aromatic N) is 3. The predicted octanol–water partition coefficient (Wildman–Crippen LogP) is 2.85. The number of hydrogen-bond donors (Lipinski definition) is 1. The Morgan fingerprint density at radius 1 is 1.38 bits per heavy atom. The fourth-order valence-electron chi connectivity index (χ4n) is 1.36. The first-order chi connectivity index (χ1) is 7.83. The standard InChI is InChI=1S/C12H15N3O/c13-15-14-10-4-7-12(16)9-8-11-5-2-1-3-6-11/h1-7,12,16H,8-10H2/b7-4+/t12-/m1/s1. The van der Waals surface area contributed by atoms with Gasteiger partial charge in [0.2, 0.25) is 0 Å². The van der Waals surface area contributed by atoms with Gasteiger partial charge in [-0.3, -0.25) is 0 Å². The van der Waals surface area contributed by atoms with Gasteiger partial charge in [0, 0.05) is 11.5 Å². The van der Waals surface area contributed by atoms with Crippen LogP contribution in [0, 0.1) is 0 Å². The molecule has 1 rings (SSSR count). The number of azide groups is 1. The SMILES string of the molecule is [N-]=[N+]=NC/C=C/[C@@H](O)CCc1ccccc1. The van der Waals surface area contributed by atoms with Crippen molar-refractivity contribution in [1.29, 1.82) is 0 Å². The zero-order chi connectivity index (χ0) is 11.6. The summed E-state index contributed by atoms with van der Waals surface area (Å²) in [7, 11) is 0. The lowest BCUT2D eigenvalue weighted by atomic mass is 10.1. The van der Waals surface area contributed by atoms with E-state index in [-0.39, 0.29) is 0 Å². The van der Waals surface area contributed by atoms with E-state index in [4.69, 9.17) is 5.53 Å². The van der Waals surface area contributed by atoms with Crippen molar-refractivity contribution in [1.82, 2.24) is 0 Å². The minimum Gasteiger partial charge on any atom is -0.389 e. The fraction of sp³-hybridized carbons (Fsp3) is 0.333. The van der Waals surface area contributed by atoms with Gasteiger partial charge in [-0.15, -0.1) is 0 Å². The summed E-state index contributed by atoms with van der Waals surface area (Å²) in [4.78, 5) is 2.62. The Balaban J connectivity index is 2.27. The van der Waals surface area contributed by atoms with Gasteiger partial charge in [-0.2, -0.15) is 0 Å². The fourth-order valence-corrected chi connectivity index (χ4v) is 1.36. The Morgan fingerprint density at radius 3 is 2.81 bits per heavy atom. The van der Waals surface area contributed by atoms with Gasteiger partial charge in [0.25, 0.3) is 0 Å². The predicted molar refractivity (Wildman–Crippen MR) is 63.9 cm³/mol. The van der Waals surface area contributed by atoms with Gasteiger partial charge in [0.1, 0.15) is 0 Å². The third-order valence-electron chi connectivity index (χ3n) is 2.18. The van der Waals surface area contributed by atoms with Crippen LogP contribution in [0.5, 0.6) is 0 Å². The monoisotopic (exact) mass is 217 g/mol. The van der Waals surface area contributed by atoms with Gasteiger partial charge in [-0.1, -0.05) is 47.6 Å². The molecule has 0 aliphatic heterocycles. The summed E-state index contributed by atoms with van der Waals surface area (Å²) in [5, 5.41) is 12.9. The summed E-state index contributed by atoms with van der Waals surface area (Å²) < 4.78 is 0. The van der Waals surface area contributed by atoms with Crippen LogP contribution in [0.25, 0.3) is 10.4 Å². The van der Waals surface area contributed by atoms with Crippen LogP contribution in [-0.2, 0) is 6.42 Å². The van der Waals surface area contributed by atoms with Crippen molar-refractivity contribution in [3.8, 4) is 0 Å². The normalized spacial score (nSPS) is 12.3. The summed E-state index contributed by atoms with van der Waals surface area (Å²) in [6, 6.07) is 10.0. The average Bonchev–Trinajstić information content (AvgIpc) is 2.33. The van der Waals surface area contributed by atoms with Crippen LogP contribution in [0.2, 0.25) is 0 Å². The highest BCUT2D eigenvalue weighted by Crippen LogP contribution is 2.05. The molecule has 0 heterocycles. The smallest absolute Gasteiger partial charge is 0.0724 e. The van der Waals surface area contributed by atoms with Gasteiger partial charge in [-0.25, -0.2) is 0 Å². The number of hydrogen-bond acceptors (Lipinski definition) is 2. The van der Waals surface area contributed by atoms with Crippen molar-refractivity contribution < 1.29 is 5.11 Å². The number of aliphatic hydroxyl groups excluding tert-OH is 1. The van der Waals surface area contributed by atoms with E-state index in [0.717, 1.165) is 6.42 Å². The second-order valence-corrected chi connectivity index (χ2v) is 3.43. The van der Waals surface area contributed by atoms with E-state index >= 15 is 0 Å². The lowest BCUT2D eigenvalue weighted by molar-refractivity contribution is 0.213. The van der Waals surface area contributed by atoms with Gasteiger partial charge in [-0.05, 0) is 23.9 Å². The number of rotatable bonds is 6. The summed E-state index contributed by atoms with van der Waals surface area (Å²) in [6.45, 7) is 0.291. The Bertz CT molecular complexity index is 369. The van der Waals surface area contributed by atoms with E-state index in [1.165, 1.54) is 5.56 Å². The molecule has 0 aromatic heterocycles. The first kappa shape index (κ1) is 12.3. The van der Waals surface area contributed by atoms with Gasteiger partial charge in [0.05, 0.1) is 6.10 Å². The maximum absolute atomic E-state index is 9.59. The number of aliphatic hydroxyl groups is 1. The molecule has 0 aliphatic rings. The molecule has 0 aliphatic carbocycles. The van der Waals surface area contributed by atoms with Gasteiger partial charge in [0.15, 0.2) is 0 Å². The molecule has 1 aromatic carbocycles. The summed E-state index contributed by atoms with van der Waals surface area (Å²) in [5.41, 5.74) is 9.26. The van der Waals surface area contributed by atoms with E-state index < -0.39 is 6.10 Å². The molecule has 16 heavy (non-hydrogen) atoms. The topological polar surface area (TPSA) is 69.0 Å². The maximum Gasteiger partial charge on any atom is 0.0724 e. The van der Waals surface area contributed by atoms with Crippen LogP contribution < -0.4 is 0 Å². The Labute approximate surface area is 94.9 Å². The zero-order valence-corrected chi connectivity index (χ0v) is 9.03. The van der Waals surface area contributed by atoms with Crippen LogP contribution in [0.3, 0.4) is 0 Å². The van der Waals surface area contributed by atoms with Gasteiger partial charge >= 0.3 is 0 Å². The van der Waals surface area contributed by atoms with Crippen molar-refractivity contribution in [2.45, 2.75) is 18.9 Å². The van der Waals surface area contributed by atoms with Crippen LogP contribution in [0.1, 0.15) is 12.0 Å². The molecular weight excluding hydrogens is 202 g/mol. The quantitative estimate of drug-likeness (QED) is 0.338. The summed E-state index contributed by atoms with van der Waals surface area (Å²) in [5.74, 6) is 0. The lowest BCUT2D eigenvalue weighted by Gasteiger charge is -2.04. The molecule has 0 bridgehead atoms. The van der Waals surface area contributed by atoms with E-state index in [1.807, 2.05) is 30.3 Å². The third-order valence-corrected chi connectivity index (χ3v) is 2.18. The zero-order valence-electron chi connectivity index (χ0n) is 9.03. The molecule has 4 heteroatoms. The molecule has 0 fully saturated rings. The molecule has 84 valence electrons. The molecule has 0 unspecified atom stereocenters. The first-order valence-corrected chi connectivity index (χ1v) is 5.22. The average molecular weight is 217 g/mol. The largest absolute Gasteiger partial charge is 0.389 e. The minimum absolute atomic E-state index is 0.291. The highest BCUT2D eigenvalue weighted by atomic mass is 16.3. The molecule has 0 spiro atoms.